The van der Waals surface area contributed by atoms with Gasteiger partial charge in [-0.15, -0.1) is 11.3 Å². The summed E-state index contributed by atoms with van der Waals surface area (Å²) in [6.45, 7) is 5.69. The quantitative estimate of drug-likeness (QED) is 0.533. The van der Waals surface area contributed by atoms with Crippen LogP contribution in [0.25, 0.3) is 10.4 Å². The Balaban J connectivity index is 1.72. The molecular weight excluding hydrogens is 436 g/mol. The van der Waals surface area contributed by atoms with E-state index in [0.29, 0.717) is 23.7 Å². The second-order valence-electron chi connectivity index (χ2n) is 7.97. The summed E-state index contributed by atoms with van der Waals surface area (Å²) in [7, 11) is -3.66. The first kappa shape index (κ1) is 23.5. The molecule has 1 fully saturated rings. The average molecular weight is 467 g/mol. The average Bonchev–Trinajstić information content (AvgIpc) is 3.18. The van der Waals surface area contributed by atoms with Gasteiger partial charge in [0.2, 0.25) is 10.0 Å². The van der Waals surface area contributed by atoms with Crippen molar-refractivity contribution >= 4 is 33.1 Å². The molecule has 8 nitrogen and oxygen atoms in total. The monoisotopic (exact) mass is 466 g/mol. The minimum absolute atomic E-state index is 0.107. The number of rotatable bonds is 7. The maximum absolute atomic E-state index is 12.7. The van der Waals surface area contributed by atoms with Gasteiger partial charge in [0.15, 0.2) is 0 Å². The normalized spacial score (nSPS) is 19.4. The number of anilines is 1. The zero-order valence-electron chi connectivity index (χ0n) is 18.1. The second kappa shape index (κ2) is 9.97. The molecule has 1 amide bonds. The van der Waals surface area contributed by atoms with E-state index in [0.717, 1.165) is 35.6 Å². The van der Waals surface area contributed by atoms with E-state index in [1.807, 2.05) is 13.8 Å². The molecule has 0 unspecified atom stereocenters. The fourth-order valence-electron chi connectivity index (χ4n) is 3.73. The Kier molecular flexibility index (Phi) is 7.55. The summed E-state index contributed by atoms with van der Waals surface area (Å²) in [5, 5.41) is 3.92. The van der Waals surface area contributed by atoms with Crippen molar-refractivity contribution in [2.24, 2.45) is 0 Å². The number of thiazole rings is 1. The summed E-state index contributed by atoms with van der Waals surface area (Å²) >= 11 is 1.51. The van der Waals surface area contributed by atoms with Gasteiger partial charge in [0.05, 0.1) is 20.9 Å². The Hall–Kier alpha value is -2.17. The molecule has 1 aliphatic rings. The van der Waals surface area contributed by atoms with Crippen molar-refractivity contribution in [2.45, 2.75) is 69.4 Å². The molecule has 10 heteroatoms. The number of nitrogens with one attached hydrogen (secondary N) is 2. The predicted molar refractivity (Wildman–Crippen MR) is 123 cm³/mol. The van der Waals surface area contributed by atoms with Crippen LogP contribution in [0.2, 0.25) is 0 Å². The van der Waals surface area contributed by atoms with E-state index in [4.69, 9.17) is 10.5 Å². The van der Waals surface area contributed by atoms with Crippen molar-refractivity contribution < 1.29 is 17.9 Å². The fourth-order valence-corrected chi connectivity index (χ4v) is 6.22. The van der Waals surface area contributed by atoms with Gasteiger partial charge in [0.25, 0.3) is 0 Å². The molecule has 31 heavy (non-hydrogen) atoms. The molecule has 0 aliphatic heterocycles. The number of hydrogen-bond donors (Lipinski definition) is 3. The van der Waals surface area contributed by atoms with Gasteiger partial charge in [-0.3, -0.25) is 0 Å². The first-order valence-corrected chi connectivity index (χ1v) is 12.8. The van der Waals surface area contributed by atoms with Gasteiger partial charge < -0.3 is 15.8 Å². The molecule has 4 N–H and O–H groups in total. The third-order valence-electron chi connectivity index (χ3n) is 5.16. The van der Waals surface area contributed by atoms with E-state index in [1.165, 1.54) is 17.4 Å². The number of nitrogens with two attached hydrogens (primary N) is 1. The van der Waals surface area contributed by atoms with Crippen LogP contribution in [0.5, 0.6) is 0 Å². The van der Waals surface area contributed by atoms with Crippen LogP contribution >= 0.6 is 11.3 Å². The molecule has 0 saturated heterocycles. The highest BCUT2D eigenvalue weighted by atomic mass is 32.2. The number of ether oxygens (including phenoxy) is 1. The van der Waals surface area contributed by atoms with Crippen LogP contribution in [0.3, 0.4) is 0 Å². The third kappa shape index (κ3) is 5.96. The van der Waals surface area contributed by atoms with E-state index < -0.39 is 10.0 Å². The molecule has 0 radical (unpaired) electrons. The standard InChI is InChI=1S/C21H30N4O4S2/c1-4-24-31(27,28)19-11-15(22)7-10-17(19)18-12-23-20(30-18)14-5-8-16(9-6-14)25-21(26)29-13(2)3/h7,10-14,16,24H,4-6,8-9,22H2,1-3H3,(H,25,26)/t14-,16-. The van der Waals surface area contributed by atoms with Gasteiger partial charge in [0, 0.05) is 36.0 Å². The summed E-state index contributed by atoms with van der Waals surface area (Å²) in [5.41, 5.74) is 6.85. The van der Waals surface area contributed by atoms with Crippen molar-refractivity contribution in [1.29, 1.82) is 0 Å². The lowest BCUT2D eigenvalue weighted by Crippen LogP contribution is -2.38. The van der Waals surface area contributed by atoms with Gasteiger partial charge in [-0.2, -0.15) is 0 Å². The zero-order valence-corrected chi connectivity index (χ0v) is 19.7. The zero-order chi connectivity index (χ0) is 22.6. The molecule has 0 bridgehead atoms. The van der Waals surface area contributed by atoms with Crippen molar-refractivity contribution in [3.8, 4) is 10.4 Å². The van der Waals surface area contributed by atoms with Gasteiger partial charge in [-0.1, -0.05) is 13.0 Å². The smallest absolute Gasteiger partial charge is 0.407 e. The number of aromatic nitrogens is 1. The molecule has 1 aromatic heterocycles. The van der Waals surface area contributed by atoms with Crippen LogP contribution in [0.15, 0.2) is 29.3 Å². The second-order valence-corrected chi connectivity index (χ2v) is 10.8. The summed E-state index contributed by atoms with van der Waals surface area (Å²) in [5.74, 6) is 0.292. The first-order valence-electron chi connectivity index (χ1n) is 10.5. The van der Waals surface area contributed by atoms with E-state index >= 15 is 0 Å². The SMILES string of the molecule is CCNS(=O)(=O)c1cc(N)ccc1-c1cnc([C@H]2CC[C@H](NC(=O)OC(C)C)CC2)s1. The van der Waals surface area contributed by atoms with Crippen molar-refractivity contribution in [1.82, 2.24) is 15.0 Å². The first-order chi connectivity index (χ1) is 14.7. The van der Waals surface area contributed by atoms with Crippen molar-refractivity contribution in [3.63, 3.8) is 0 Å². The number of nitrogen functional groups attached to an aromatic ring is 1. The number of alkyl carbamates (subject to hydrolysis) is 1. The van der Waals surface area contributed by atoms with E-state index in [-0.39, 0.29) is 23.1 Å². The van der Waals surface area contributed by atoms with Crippen LogP contribution in [0.4, 0.5) is 10.5 Å². The maximum atomic E-state index is 12.7. The Labute approximate surface area is 187 Å². The van der Waals surface area contributed by atoms with Crippen LogP contribution < -0.4 is 15.8 Å². The predicted octanol–water partition coefficient (Wildman–Crippen LogP) is 3.85. The lowest BCUT2D eigenvalue weighted by atomic mass is 9.86. The highest BCUT2D eigenvalue weighted by Crippen LogP contribution is 2.39. The van der Waals surface area contributed by atoms with Crippen LogP contribution in [-0.2, 0) is 14.8 Å². The number of carbonyl (C=O) groups excluding carboxylic acids is 1. The van der Waals surface area contributed by atoms with Gasteiger partial charge in [-0.05, 0) is 51.7 Å². The molecule has 1 aliphatic carbocycles. The van der Waals surface area contributed by atoms with E-state index in [1.54, 1.807) is 25.3 Å². The Morgan fingerprint density at radius 2 is 2.00 bits per heavy atom. The van der Waals surface area contributed by atoms with Crippen LogP contribution in [0.1, 0.15) is 57.4 Å². The number of carbonyl (C=O) groups is 1. The van der Waals surface area contributed by atoms with E-state index in [9.17, 15) is 13.2 Å². The number of nitrogens with zero attached hydrogens (tertiary/aromatic N) is 1. The largest absolute Gasteiger partial charge is 0.447 e. The van der Waals surface area contributed by atoms with Gasteiger partial charge in [-0.25, -0.2) is 22.9 Å². The van der Waals surface area contributed by atoms with E-state index in [2.05, 4.69) is 15.0 Å². The number of amides is 1. The molecule has 1 heterocycles. The highest BCUT2D eigenvalue weighted by molar-refractivity contribution is 7.89. The molecule has 170 valence electrons. The molecule has 2 aromatic rings. The summed E-state index contributed by atoms with van der Waals surface area (Å²) < 4.78 is 33.0. The van der Waals surface area contributed by atoms with Gasteiger partial charge >= 0.3 is 6.09 Å². The third-order valence-corrected chi connectivity index (χ3v) is 7.94. The highest BCUT2D eigenvalue weighted by Gasteiger charge is 2.27. The lowest BCUT2D eigenvalue weighted by molar-refractivity contribution is 0.109. The molecule has 1 saturated carbocycles. The maximum Gasteiger partial charge on any atom is 0.407 e. The number of hydrogen-bond acceptors (Lipinski definition) is 7. The van der Waals surface area contributed by atoms with Crippen LogP contribution in [-0.4, -0.2) is 38.2 Å². The minimum Gasteiger partial charge on any atom is -0.447 e. The minimum atomic E-state index is -3.66. The lowest BCUT2D eigenvalue weighted by Gasteiger charge is -2.28. The number of benzene rings is 1. The Morgan fingerprint density at radius 1 is 1.29 bits per heavy atom. The molecule has 3 rings (SSSR count). The Bertz CT molecular complexity index is 1010. The van der Waals surface area contributed by atoms with Crippen LogP contribution in [0, 0.1) is 0 Å². The molecule has 0 spiro atoms. The summed E-state index contributed by atoms with van der Waals surface area (Å²) in [6, 6.07) is 5.03. The summed E-state index contributed by atoms with van der Waals surface area (Å²) in [4.78, 5) is 17.4. The Morgan fingerprint density at radius 3 is 2.65 bits per heavy atom. The van der Waals surface area contributed by atoms with Crippen molar-refractivity contribution in [3.05, 3.63) is 29.4 Å². The molecule has 0 atom stereocenters. The fraction of sp³-hybridized carbons (Fsp3) is 0.524. The summed E-state index contributed by atoms with van der Waals surface area (Å²) in [6.07, 6.45) is 4.75. The van der Waals surface area contributed by atoms with Gasteiger partial charge in [0.1, 0.15) is 0 Å². The topological polar surface area (TPSA) is 123 Å². The van der Waals surface area contributed by atoms with Crippen molar-refractivity contribution in [2.75, 3.05) is 12.3 Å². The molecule has 1 aromatic carbocycles. The molecular formula is C21H30N4O4S2. The number of sulfonamides is 1.